The van der Waals surface area contributed by atoms with Crippen LogP contribution >= 0.6 is 11.3 Å². The maximum atomic E-state index is 15.3. The Hall–Kier alpha value is -4.06. The topological polar surface area (TPSA) is 119 Å². The summed E-state index contributed by atoms with van der Waals surface area (Å²) >= 11 is 1.44. The first-order chi connectivity index (χ1) is 19.4. The number of aromatic amines is 1. The van der Waals surface area contributed by atoms with E-state index < -0.39 is 5.82 Å². The normalized spacial score (nSPS) is 16.7. The highest BCUT2D eigenvalue weighted by Crippen LogP contribution is 2.35. The number of aryl methyl sites for hydroxylation is 2. The minimum Gasteiger partial charge on any atom is -0.352 e. The second kappa shape index (κ2) is 10.8. The minimum atomic E-state index is -0.404. The number of hydrogen-bond acceptors (Lipinski definition) is 7. The van der Waals surface area contributed by atoms with Crippen molar-refractivity contribution in [1.82, 2.24) is 35.7 Å². The van der Waals surface area contributed by atoms with Gasteiger partial charge in [0.15, 0.2) is 16.5 Å². The second-order valence-electron chi connectivity index (χ2n) is 10.5. The number of aromatic nitrogens is 4. The number of pyridine rings is 1. The highest BCUT2D eigenvalue weighted by molar-refractivity contribution is 7.13. The lowest BCUT2D eigenvalue weighted by atomic mass is 10.0. The second-order valence-corrected chi connectivity index (χ2v) is 11.6. The van der Waals surface area contributed by atoms with Gasteiger partial charge in [0.25, 0.3) is 5.91 Å². The first-order valence-electron chi connectivity index (χ1n) is 13.5. The van der Waals surface area contributed by atoms with Crippen LogP contribution in [0.2, 0.25) is 0 Å². The van der Waals surface area contributed by atoms with Crippen molar-refractivity contribution in [2.24, 2.45) is 0 Å². The molecule has 12 heteroatoms. The standard InChI is InChI=1S/C28H31FN8O2S/c1-36(2)28(39)32-18-10-12-37(15-18)25-23-19(9-11-30-24(23)34-35-25)16-7-8-17(20(29)13-16)14-31-26(38)27-33-21-5-3-4-6-22(21)40-27/h7-9,11,13,18H,3-6,10,12,14-15H2,1-2H3,(H,31,38)(H,32,39)(H,30,34,35)/t18-/m1/s1. The van der Waals surface area contributed by atoms with E-state index in [0.29, 0.717) is 28.3 Å². The van der Waals surface area contributed by atoms with E-state index in [1.54, 1.807) is 26.4 Å². The summed E-state index contributed by atoms with van der Waals surface area (Å²) < 4.78 is 15.3. The first-order valence-corrected chi connectivity index (χ1v) is 14.3. The zero-order chi connectivity index (χ0) is 27.8. The van der Waals surface area contributed by atoms with Gasteiger partial charge in [0.1, 0.15) is 5.82 Å². The molecule has 3 aromatic heterocycles. The van der Waals surface area contributed by atoms with Crippen LogP contribution < -0.4 is 15.5 Å². The van der Waals surface area contributed by atoms with Gasteiger partial charge in [-0.1, -0.05) is 12.1 Å². The average Bonchev–Trinajstić information content (AvgIpc) is 3.70. The number of hydrogen-bond donors (Lipinski definition) is 3. The van der Waals surface area contributed by atoms with Crippen molar-refractivity contribution in [3.63, 3.8) is 0 Å². The van der Waals surface area contributed by atoms with Gasteiger partial charge in [0, 0.05) is 56.4 Å². The van der Waals surface area contributed by atoms with E-state index in [-0.39, 0.29) is 24.5 Å². The lowest BCUT2D eigenvalue weighted by Crippen LogP contribution is -2.42. The Morgan fingerprint density at radius 1 is 1.23 bits per heavy atom. The van der Waals surface area contributed by atoms with Gasteiger partial charge in [-0.15, -0.1) is 11.3 Å². The van der Waals surface area contributed by atoms with Crippen LogP contribution in [0.4, 0.5) is 15.0 Å². The number of amides is 3. The van der Waals surface area contributed by atoms with Gasteiger partial charge in [-0.2, -0.15) is 5.10 Å². The van der Waals surface area contributed by atoms with Crippen molar-refractivity contribution >= 4 is 40.1 Å². The third kappa shape index (κ3) is 5.10. The van der Waals surface area contributed by atoms with Crippen molar-refractivity contribution in [3.8, 4) is 11.1 Å². The third-order valence-electron chi connectivity index (χ3n) is 7.51. The largest absolute Gasteiger partial charge is 0.352 e. The average molecular weight is 563 g/mol. The molecule has 1 aliphatic carbocycles. The Morgan fingerprint density at radius 2 is 2.08 bits per heavy atom. The molecule has 4 heterocycles. The number of rotatable bonds is 6. The molecule has 1 aliphatic heterocycles. The molecule has 1 fully saturated rings. The number of carbonyl (C=O) groups excluding carboxylic acids is 2. The number of nitrogens with one attached hydrogen (secondary N) is 3. The molecule has 1 atom stereocenters. The Labute approximate surface area is 235 Å². The number of carbonyl (C=O) groups is 2. The Kier molecular flexibility index (Phi) is 7.09. The van der Waals surface area contributed by atoms with E-state index in [9.17, 15) is 9.59 Å². The van der Waals surface area contributed by atoms with Crippen molar-refractivity contribution in [2.45, 2.75) is 44.7 Å². The van der Waals surface area contributed by atoms with E-state index in [1.165, 1.54) is 27.2 Å². The summed E-state index contributed by atoms with van der Waals surface area (Å²) in [4.78, 5) is 38.5. The van der Waals surface area contributed by atoms with Crippen LogP contribution in [0.25, 0.3) is 22.2 Å². The number of thiazole rings is 1. The van der Waals surface area contributed by atoms with E-state index in [0.717, 1.165) is 61.1 Å². The van der Waals surface area contributed by atoms with Gasteiger partial charge in [-0.3, -0.25) is 9.89 Å². The third-order valence-corrected chi connectivity index (χ3v) is 8.66. The van der Waals surface area contributed by atoms with Gasteiger partial charge in [-0.25, -0.2) is 19.2 Å². The Bertz CT molecular complexity index is 1560. The number of halogens is 1. The number of benzene rings is 1. The molecule has 6 rings (SSSR count). The summed E-state index contributed by atoms with van der Waals surface area (Å²) in [7, 11) is 3.43. The molecular formula is C28H31FN8O2S. The van der Waals surface area contributed by atoms with E-state index in [2.05, 4.69) is 35.7 Å². The van der Waals surface area contributed by atoms with Crippen LogP contribution in [-0.4, -0.2) is 70.2 Å². The zero-order valence-corrected chi connectivity index (χ0v) is 23.3. The summed E-state index contributed by atoms with van der Waals surface area (Å²) in [6, 6.07) is 6.76. The zero-order valence-electron chi connectivity index (χ0n) is 22.5. The molecule has 40 heavy (non-hydrogen) atoms. The minimum absolute atomic E-state index is 0.00328. The molecule has 208 valence electrons. The summed E-state index contributed by atoms with van der Waals surface area (Å²) in [6.45, 7) is 1.41. The number of nitrogens with zero attached hydrogens (tertiary/aromatic N) is 5. The smallest absolute Gasteiger partial charge is 0.317 e. The van der Waals surface area contributed by atoms with E-state index in [4.69, 9.17) is 0 Å². The lowest BCUT2D eigenvalue weighted by molar-refractivity contribution is 0.0950. The molecule has 0 saturated carbocycles. The van der Waals surface area contributed by atoms with Crippen molar-refractivity contribution in [3.05, 3.63) is 57.4 Å². The quantitative estimate of drug-likeness (QED) is 0.328. The number of H-pyrrole nitrogens is 1. The lowest BCUT2D eigenvalue weighted by Gasteiger charge is -2.19. The van der Waals surface area contributed by atoms with Crippen LogP contribution in [0.3, 0.4) is 0 Å². The predicted molar refractivity (Wildman–Crippen MR) is 152 cm³/mol. The highest BCUT2D eigenvalue weighted by Gasteiger charge is 2.28. The fourth-order valence-electron chi connectivity index (χ4n) is 5.34. The van der Waals surface area contributed by atoms with Gasteiger partial charge < -0.3 is 20.4 Å². The molecule has 4 aromatic rings. The number of anilines is 1. The van der Waals surface area contributed by atoms with Crippen LogP contribution in [0.5, 0.6) is 0 Å². The summed E-state index contributed by atoms with van der Waals surface area (Å²) in [5.74, 6) is 0.0499. The molecule has 2 aliphatic rings. The van der Waals surface area contributed by atoms with Crippen LogP contribution in [-0.2, 0) is 19.4 Å². The van der Waals surface area contributed by atoms with Crippen molar-refractivity contribution < 1.29 is 14.0 Å². The summed E-state index contributed by atoms with van der Waals surface area (Å²) in [5, 5.41) is 14.6. The summed E-state index contributed by atoms with van der Waals surface area (Å²) in [5.41, 5.74) is 3.53. The first kappa shape index (κ1) is 26.2. The molecule has 0 unspecified atom stereocenters. The number of urea groups is 1. The predicted octanol–water partition coefficient (Wildman–Crippen LogP) is 3.88. The van der Waals surface area contributed by atoms with Gasteiger partial charge in [0.05, 0.1) is 11.1 Å². The van der Waals surface area contributed by atoms with Gasteiger partial charge >= 0.3 is 6.03 Å². The fraction of sp³-hybridized carbons (Fsp3) is 0.393. The maximum Gasteiger partial charge on any atom is 0.317 e. The molecule has 0 bridgehead atoms. The maximum absolute atomic E-state index is 15.3. The fourth-order valence-corrected chi connectivity index (χ4v) is 6.40. The molecule has 0 spiro atoms. The SMILES string of the molecule is CN(C)C(=O)N[C@@H]1CCN(c2n[nH]c3nccc(-c4ccc(CNC(=O)c5nc6c(s5)CCCC6)c(F)c4)c23)C1. The molecule has 3 N–H and O–H groups in total. The molecule has 0 radical (unpaired) electrons. The van der Waals surface area contributed by atoms with E-state index in [1.807, 2.05) is 12.1 Å². The van der Waals surface area contributed by atoms with Crippen LogP contribution in [0, 0.1) is 5.82 Å². The molecular weight excluding hydrogens is 531 g/mol. The molecule has 1 saturated heterocycles. The Morgan fingerprint density at radius 3 is 2.88 bits per heavy atom. The van der Waals surface area contributed by atoms with Crippen LogP contribution in [0.15, 0.2) is 30.5 Å². The highest BCUT2D eigenvalue weighted by atomic mass is 32.1. The van der Waals surface area contributed by atoms with Crippen molar-refractivity contribution in [1.29, 1.82) is 0 Å². The molecule has 3 amide bonds. The van der Waals surface area contributed by atoms with E-state index >= 15 is 4.39 Å². The van der Waals surface area contributed by atoms with Gasteiger partial charge in [0.2, 0.25) is 0 Å². The Balaban J connectivity index is 1.19. The monoisotopic (exact) mass is 562 g/mol. The summed E-state index contributed by atoms with van der Waals surface area (Å²) in [6.07, 6.45) is 6.59. The molecule has 1 aromatic carbocycles. The van der Waals surface area contributed by atoms with Gasteiger partial charge in [-0.05, 0) is 55.4 Å². The number of fused-ring (bicyclic) bond motifs is 2. The molecule has 10 nitrogen and oxygen atoms in total. The van der Waals surface area contributed by atoms with Crippen molar-refractivity contribution in [2.75, 3.05) is 32.1 Å². The van der Waals surface area contributed by atoms with Crippen LogP contribution in [0.1, 0.15) is 45.2 Å².